The van der Waals surface area contributed by atoms with E-state index in [0.29, 0.717) is 24.5 Å². The van der Waals surface area contributed by atoms with Gasteiger partial charge in [-0.25, -0.2) is 9.98 Å². The first-order valence-corrected chi connectivity index (χ1v) is 11.3. The number of nitrogens with zero attached hydrogens (tertiary/aromatic N) is 4. The molecule has 8 nitrogen and oxygen atoms in total. The number of aryl methyl sites for hydroxylation is 1. The van der Waals surface area contributed by atoms with Gasteiger partial charge in [0.05, 0.1) is 17.4 Å². The van der Waals surface area contributed by atoms with E-state index in [1.54, 1.807) is 29.9 Å². The SMILES string of the molecule is Cc1cc(NC2=NCC(c3nc4cnccc4s3)=C(NC3CCC(CO)C3)N2)ccn1. The Hall–Kier alpha value is -3.04. The summed E-state index contributed by atoms with van der Waals surface area (Å²) in [6, 6.07) is 6.21. The zero-order valence-electron chi connectivity index (χ0n) is 17.3. The minimum Gasteiger partial charge on any atom is -0.396 e. The van der Waals surface area contributed by atoms with Crippen LogP contribution >= 0.6 is 11.3 Å². The largest absolute Gasteiger partial charge is 0.396 e. The number of fused-ring (bicyclic) bond motifs is 1. The molecule has 5 rings (SSSR count). The molecule has 0 amide bonds. The van der Waals surface area contributed by atoms with Gasteiger partial charge >= 0.3 is 0 Å². The maximum Gasteiger partial charge on any atom is 0.201 e. The third-order valence-corrected chi connectivity index (χ3v) is 6.79. The monoisotopic (exact) mass is 435 g/mol. The Balaban J connectivity index is 1.42. The molecule has 0 bridgehead atoms. The number of guanidine groups is 1. The lowest BCUT2D eigenvalue weighted by Gasteiger charge is -2.26. The van der Waals surface area contributed by atoms with Gasteiger partial charge in [-0.15, -0.1) is 11.3 Å². The van der Waals surface area contributed by atoms with Crippen LogP contribution in [0.5, 0.6) is 0 Å². The van der Waals surface area contributed by atoms with Crippen LogP contribution in [-0.2, 0) is 0 Å². The number of aliphatic imine (C=N–C) groups is 1. The Morgan fingerprint density at radius 2 is 2.19 bits per heavy atom. The van der Waals surface area contributed by atoms with E-state index in [-0.39, 0.29) is 6.61 Å². The van der Waals surface area contributed by atoms with Gasteiger partial charge in [0.1, 0.15) is 16.3 Å². The first kappa shape index (κ1) is 19.9. The molecule has 2 aliphatic rings. The minimum absolute atomic E-state index is 0.248. The third kappa shape index (κ3) is 4.38. The van der Waals surface area contributed by atoms with Gasteiger partial charge in [0.2, 0.25) is 5.96 Å². The Kier molecular flexibility index (Phi) is 5.52. The normalized spacial score (nSPS) is 21.2. The van der Waals surface area contributed by atoms with Crippen molar-refractivity contribution in [1.82, 2.24) is 25.6 Å². The van der Waals surface area contributed by atoms with Crippen molar-refractivity contribution >= 4 is 38.8 Å². The summed E-state index contributed by atoms with van der Waals surface area (Å²) in [6.45, 7) is 2.73. The van der Waals surface area contributed by atoms with Gasteiger partial charge in [0, 0.05) is 42.0 Å². The van der Waals surface area contributed by atoms with E-state index in [1.165, 1.54) is 0 Å². The lowest BCUT2D eigenvalue weighted by molar-refractivity contribution is 0.228. The number of thiazole rings is 1. The van der Waals surface area contributed by atoms with Crippen molar-refractivity contribution in [1.29, 1.82) is 0 Å². The molecule has 2 atom stereocenters. The van der Waals surface area contributed by atoms with Crippen molar-refractivity contribution in [2.24, 2.45) is 10.9 Å². The highest BCUT2D eigenvalue weighted by atomic mass is 32.1. The smallest absolute Gasteiger partial charge is 0.201 e. The van der Waals surface area contributed by atoms with E-state index in [1.807, 2.05) is 25.1 Å². The molecule has 4 N–H and O–H groups in total. The molecule has 4 heterocycles. The summed E-state index contributed by atoms with van der Waals surface area (Å²) >= 11 is 1.65. The number of hydrogen-bond donors (Lipinski definition) is 4. The van der Waals surface area contributed by atoms with E-state index < -0.39 is 0 Å². The highest BCUT2D eigenvalue weighted by Crippen LogP contribution is 2.31. The highest BCUT2D eigenvalue weighted by molar-refractivity contribution is 7.19. The van der Waals surface area contributed by atoms with Crippen molar-refractivity contribution in [2.75, 3.05) is 18.5 Å². The lowest BCUT2D eigenvalue weighted by Crippen LogP contribution is -2.42. The van der Waals surface area contributed by atoms with Gasteiger partial charge in [0.25, 0.3) is 0 Å². The molecule has 1 aliphatic carbocycles. The first-order chi connectivity index (χ1) is 15.2. The van der Waals surface area contributed by atoms with E-state index in [9.17, 15) is 5.11 Å². The quantitative estimate of drug-likeness (QED) is 0.488. The Bertz CT molecular complexity index is 1120. The molecule has 1 aliphatic heterocycles. The van der Waals surface area contributed by atoms with Crippen LogP contribution in [0.1, 0.15) is 30.0 Å². The zero-order chi connectivity index (χ0) is 21.2. The Morgan fingerprint density at radius 1 is 1.26 bits per heavy atom. The van der Waals surface area contributed by atoms with Crippen LogP contribution < -0.4 is 16.0 Å². The fourth-order valence-electron chi connectivity index (χ4n) is 4.08. The number of aliphatic hydroxyl groups excluding tert-OH is 1. The molecule has 31 heavy (non-hydrogen) atoms. The predicted octanol–water partition coefficient (Wildman–Crippen LogP) is 2.89. The summed E-state index contributed by atoms with van der Waals surface area (Å²) in [5, 5.41) is 20.9. The second-order valence-electron chi connectivity index (χ2n) is 8.02. The molecule has 0 aromatic carbocycles. The molecule has 0 saturated heterocycles. The summed E-state index contributed by atoms with van der Waals surface area (Å²) in [5.74, 6) is 1.99. The van der Waals surface area contributed by atoms with Gasteiger partial charge < -0.3 is 21.1 Å². The summed E-state index contributed by atoms with van der Waals surface area (Å²) in [7, 11) is 0. The van der Waals surface area contributed by atoms with E-state index >= 15 is 0 Å². The summed E-state index contributed by atoms with van der Waals surface area (Å²) in [5.41, 5.74) is 3.83. The van der Waals surface area contributed by atoms with Crippen molar-refractivity contribution < 1.29 is 5.11 Å². The predicted molar refractivity (Wildman–Crippen MR) is 124 cm³/mol. The average molecular weight is 436 g/mol. The third-order valence-electron chi connectivity index (χ3n) is 5.70. The zero-order valence-corrected chi connectivity index (χ0v) is 18.1. The maximum absolute atomic E-state index is 9.52. The van der Waals surface area contributed by atoms with Crippen molar-refractivity contribution in [3.8, 4) is 0 Å². The molecular formula is C22H25N7OS. The lowest BCUT2D eigenvalue weighted by atomic mass is 10.1. The van der Waals surface area contributed by atoms with E-state index in [2.05, 4.69) is 25.9 Å². The van der Waals surface area contributed by atoms with Gasteiger partial charge in [-0.05, 0) is 50.3 Å². The Morgan fingerprint density at radius 3 is 3.00 bits per heavy atom. The molecule has 1 fully saturated rings. The number of nitrogens with one attached hydrogen (secondary N) is 3. The van der Waals surface area contributed by atoms with Crippen LogP contribution in [0.25, 0.3) is 15.8 Å². The molecule has 3 aromatic rings. The van der Waals surface area contributed by atoms with E-state index in [0.717, 1.165) is 57.3 Å². The van der Waals surface area contributed by atoms with Gasteiger partial charge in [0.15, 0.2) is 0 Å². The maximum atomic E-state index is 9.52. The van der Waals surface area contributed by atoms with Crippen molar-refractivity contribution in [2.45, 2.75) is 32.2 Å². The van der Waals surface area contributed by atoms with Gasteiger partial charge in [-0.1, -0.05) is 0 Å². The molecule has 3 aromatic heterocycles. The summed E-state index contributed by atoms with van der Waals surface area (Å²) < 4.78 is 1.11. The summed E-state index contributed by atoms with van der Waals surface area (Å²) in [4.78, 5) is 18.0. The molecule has 9 heteroatoms. The molecule has 1 saturated carbocycles. The number of rotatable bonds is 5. The van der Waals surface area contributed by atoms with Crippen LogP contribution in [0.15, 0.2) is 47.6 Å². The van der Waals surface area contributed by atoms with Crippen molar-refractivity contribution in [3.05, 3.63) is 53.3 Å². The average Bonchev–Trinajstić information content (AvgIpc) is 3.40. The van der Waals surface area contributed by atoms with E-state index in [4.69, 9.17) is 9.98 Å². The number of hydrogen-bond acceptors (Lipinski definition) is 9. The molecule has 2 unspecified atom stereocenters. The van der Waals surface area contributed by atoms with Crippen LogP contribution in [0.2, 0.25) is 0 Å². The van der Waals surface area contributed by atoms with Crippen LogP contribution in [-0.4, -0.2) is 45.2 Å². The fraction of sp³-hybridized carbons (Fsp3) is 0.364. The number of aromatic nitrogens is 3. The molecule has 160 valence electrons. The molecule has 0 spiro atoms. The van der Waals surface area contributed by atoms with Crippen LogP contribution in [0.4, 0.5) is 5.69 Å². The number of anilines is 1. The number of aliphatic hydroxyl groups is 1. The fourth-order valence-corrected chi connectivity index (χ4v) is 5.06. The second-order valence-corrected chi connectivity index (χ2v) is 9.05. The Labute approximate surface area is 184 Å². The summed E-state index contributed by atoms with van der Waals surface area (Å²) in [6.07, 6.45) is 8.41. The molecule has 0 radical (unpaired) electrons. The van der Waals surface area contributed by atoms with Crippen LogP contribution in [0.3, 0.4) is 0 Å². The molecular weight excluding hydrogens is 410 g/mol. The standard InChI is InChI=1S/C22H25N7OS/c1-13-8-16(4-7-24-13)27-22-25-10-17(21-28-18-11-23-6-5-19(18)31-21)20(29-22)26-15-3-2-14(9-15)12-30/h4-8,11,14-15,26,30H,2-3,9-10,12H2,1H3,(H2,24,25,27,29). The minimum atomic E-state index is 0.248. The van der Waals surface area contributed by atoms with Crippen LogP contribution in [0, 0.1) is 12.8 Å². The second kappa shape index (κ2) is 8.60. The van der Waals surface area contributed by atoms with Gasteiger partial charge in [-0.3, -0.25) is 9.97 Å². The topological polar surface area (TPSA) is 107 Å². The van der Waals surface area contributed by atoms with Crippen molar-refractivity contribution in [3.63, 3.8) is 0 Å². The van der Waals surface area contributed by atoms with Gasteiger partial charge in [-0.2, -0.15) is 0 Å². The number of pyridine rings is 2. The highest BCUT2D eigenvalue weighted by Gasteiger charge is 2.27. The first-order valence-electron chi connectivity index (χ1n) is 10.5.